The van der Waals surface area contributed by atoms with Gasteiger partial charge in [0.25, 0.3) is 0 Å². The van der Waals surface area contributed by atoms with E-state index in [9.17, 15) is 5.11 Å². The van der Waals surface area contributed by atoms with E-state index in [0.717, 1.165) is 0 Å². The van der Waals surface area contributed by atoms with Crippen LogP contribution in [-0.4, -0.2) is 10.1 Å². The van der Waals surface area contributed by atoms with Gasteiger partial charge in [-0.05, 0) is 18.2 Å². The molecule has 0 aliphatic rings. The molecular weight excluding hydrogens is 316 g/mol. The van der Waals surface area contributed by atoms with E-state index >= 15 is 0 Å². The molecule has 2 rings (SSSR count). The average molecular weight is 323 g/mol. The van der Waals surface area contributed by atoms with Gasteiger partial charge in [-0.25, -0.2) is 0 Å². The molecule has 0 amide bonds. The number of aromatic nitrogens is 1. The van der Waals surface area contributed by atoms with E-state index in [4.69, 9.17) is 46.4 Å². The van der Waals surface area contributed by atoms with Gasteiger partial charge in [-0.3, -0.25) is 4.98 Å². The van der Waals surface area contributed by atoms with Crippen molar-refractivity contribution >= 4 is 46.4 Å². The van der Waals surface area contributed by atoms with Crippen molar-refractivity contribution in [3.63, 3.8) is 0 Å². The maximum absolute atomic E-state index is 9.29. The highest BCUT2D eigenvalue weighted by atomic mass is 35.5. The summed E-state index contributed by atoms with van der Waals surface area (Å²) in [5.41, 5.74) is 1.66. The number of aliphatic hydroxyl groups excluding tert-OH is 1. The Hall–Kier alpha value is -0.510. The Balaban J connectivity index is 2.72. The fraction of sp³-hybridized carbons (Fsp3) is 0.0833. The first-order chi connectivity index (χ1) is 8.52. The Labute approximate surface area is 124 Å². The standard InChI is InChI=1S/C12H7Cl4NO/c13-6-1-9(12(16)10(15)3-6)8-2-7(14)4-17-11(8)5-18/h1-4,18H,5H2. The molecule has 0 fully saturated rings. The van der Waals surface area contributed by atoms with Crippen LogP contribution in [0.4, 0.5) is 0 Å². The van der Waals surface area contributed by atoms with E-state index in [1.807, 2.05) is 0 Å². The van der Waals surface area contributed by atoms with Crippen molar-refractivity contribution in [2.75, 3.05) is 0 Å². The Kier molecular flexibility index (Phi) is 4.36. The molecule has 94 valence electrons. The molecule has 1 aromatic heterocycles. The maximum Gasteiger partial charge on any atom is 0.0859 e. The van der Waals surface area contributed by atoms with Crippen molar-refractivity contribution < 1.29 is 5.11 Å². The lowest BCUT2D eigenvalue weighted by atomic mass is 10.0. The fourth-order valence-electron chi connectivity index (χ4n) is 1.58. The summed E-state index contributed by atoms with van der Waals surface area (Å²) in [4.78, 5) is 4.05. The molecule has 0 aliphatic heterocycles. The minimum atomic E-state index is -0.229. The van der Waals surface area contributed by atoms with E-state index in [-0.39, 0.29) is 6.61 Å². The third-order valence-corrected chi connectivity index (χ3v) is 3.60. The molecule has 0 saturated heterocycles. The summed E-state index contributed by atoms with van der Waals surface area (Å²) in [6.07, 6.45) is 1.46. The zero-order chi connectivity index (χ0) is 13.3. The van der Waals surface area contributed by atoms with Crippen molar-refractivity contribution in [2.45, 2.75) is 6.61 Å². The Morgan fingerprint density at radius 1 is 0.944 bits per heavy atom. The lowest BCUT2D eigenvalue weighted by Gasteiger charge is -2.11. The van der Waals surface area contributed by atoms with Gasteiger partial charge in [-0.15, -0.1) is 0 Å². The number of pyridine rings is 1. The molecule has 1 heterocycles. The predicted molar refractivity (Wildman–Crippen MR) is 75.6 cm³/mol. The zero-order valence-electron chi connectivity index (χ0n) is 8.92. The highest BCUT2D eigenvalue weighted by Gasteiger charge is 2.14. The predicted octanol–water partition coefficient (Wildman–Crippen LogP) is 4.85. The van der Waals surface area contributed by atoms with Gasteiger partial charge < -0.3 is 5.11 Å². The minimum Gasteiger partial charge on any atom is -0.390 e. The van der Waals surface area contributed by atoms with Crippen LogP contribution in [0, 0.1) is 0 Å². The molecule has 0 aliphatic carbocycles. The number of rotatable bonds is 2. The van der Waals surface area contributed by atoms with Gasteiger partial charge in [0, 0.05) is 22.3 Å². The van der Waals surface area contributed by atoms with Gasteiger partial charge >= 0.3 is 0 Å². The van der Waals surface area contributed by atoms with Crippen molar-refractivity contribution in [1.82, 2.24) is 4.98 Å². The van der Waals surface area contributed by atoms with Crippen LogP contribution in [0.3, 0.4) is 0 Å². The van der Waals surface area contributed by atoms with E-state index in [1.54, 1.807) is 18.2 Å². The van der Waals surface area contributed by atoms with E-state index < -0.39 is 0 Å². The summed E-state index contributed by atoms with van der Waals surface area (Å²) in [6, 6.07) is 4.86. The third kappa shape index (κ3) is 2.73. The normalized spacial score (nSPS) is 10.7. The van der Waals surface area contributed by atoms with Crippen LogP contribution in [0.15, 0.2) is 24.4 Å². The highest BCUT2D eigenvalue weighted by Crippen LogP contribution is 2.38. The number of benzene rings is 1. The Morgan fingerprint density at radius 2 is 1.61 bits per heavy atom. The summed E-state index contributed by atoms with van der Waals surface area (Å²) in [7, 11) is 0. The second kappa shape index (κ2) is 5.64. The average Bonchev–Trinajstić information content (AvgIpc) is 2.33. The first-order valence-electron chi connectivity index (χ1n) is 4.93. The summed E-state index contributed by atoms with van der Waals surface area (Å²) in [6.45, 7) is -0.229. The molecule has 0 saturated carbocycles. The molecule has 2 nitrogen and oxygen atoms in total. The van der Waals surface area contributed by atoms with Gasteiger partial charge in [0.05, 0.1) is 27.4 Å². The van der Waals surface area contributed by atoms with Gasteiger partial charge in [0.15, 0.2) is 0 Å². The second-order valence-corrected chi connectivity index (χ2v) is 5.21. The summed E-state index contributed by atoms with van der Waals surface area (Å²) < 4.78 is 0. The van der Waals surface area contributed by atoms with Crippen LogP contribution in [0.2, 0.25) is 20.1 Å². The molecule has 1 N–H and O–H groups in total. The zero-order valence-corrected chi connectivity index (χ0v) is 11.9. The van der Waals surface area contributed by atoms with Crippen molar-refractivity contribution in [1.29, 1.82) is 0 Å². The third-order valence-electron chi connectivity index (χ3n) is 2.37. The smallest absolute Gasteiger partial charge is 0.0859 e. The first kappa shape index (κ1) is 13.9. The molecule has 0 bridgehead atoms. The molecule has 0 spiro atoms. The number of hydrogen-bond donors (Lipinski definition) is 1. The summed E-state index contributed by atoms with van der Waals surface area (Å²) >= 11 is 24.0. The second-order valence-electron chi connectivity index (χ2n) is 3.56. The highest BCUT2D eigenvalue weighted by molar-refractivity contribution is 6.45. The van der Waals surface area contributed by atoms with E-state index in [2.05, 4.69) is 4.98 Å². The van der Waals surface area contributed by atoms with Gasteiger partial charge in [0.2, 0.25) is 0 Å². The monoisotopic (exact) mass is 321 g/mol. The topological polar surface area (TPSA) is 33.1 Å². The number of aliphatic hydroxyl groups is 1. The Bertz CT molecular complexity index is 601. The lowest BCUT2D eigenvalue weighted by Crippen LogP contribution is -1.94. The van der Waals surface area contributed by atoms with Crippen LogP contribution in [-0.2, 0) is 6.61 Å². The maximum atomic E-state index is 9.29. The molecule has 18 heavy (non-hydrogen) atoms. The molecule has 1 aromatic carbocycles. The molecule has 6 heteroatoms. The quantitative estimate of drug-likeness (QED) is 0.801. The van der Waals surface area contributed by atoms with Crippen molar-refractivity contribution in [3.05, 3.63) is 50.2 Å². The van der Waals surface area contributed by atoms with Crippen LogP contribution >= 0.6 is 46.4 Å². The first-order valence-corrected chi connectivity index (χ1v) is 6.44. The molecule has 0 unspecified atom stereocenters. The van der Waals surface area contributed by atoms with Crippen LogP contribution in [0.1, 0.15) is 5.69 Å². The van der Waals surface area contributed by atoms with Crippen LogP contribution in [0.5, 0.6) is 0 Å². The van der Waals surface area contributed by atoms with Crippen LogP contribution in [0.25, 0.3) is 11.1 Å². The van der Waals surface area contributed by atoms with Gasteiger partial charge in [-0.1, -0.05) is 46.4 Å². The van der Waals surface area contributed by atoms with E-state index in [0.29, 0.717) is 36.9 Å². The largest absolute Gasteiger partial charge is 0.390 e. The van der Waals surface area contributed by atoms with Crippen molar-refractivity contribution in [3.8, 4) is 11.1 Å². The van der Waals surface area contributed by atoms with Gasteiger partial charge in [0.1, 0.15) is 0 Å². The molecular formula is C12H7Cl4NO. The fourth-order valence-corrected chi connectivity index (χ4v) is 2.44. The summed E-state index contributed by atoms with van der Waals surface area (Å²) in [5, 5.41) is 10.9. The molecule has 2 aromatic rings. The van der Waals surface area contributed by atoms with Crippen molar-refractivity contribution in [2.24, 2.45) is 0 Å². The van der Waals surface area contributed by atoms with Gasteiger partial charge in [-0.2, -0.15) is 0 Å². The lowest BCUT2D eigenvalue weighted by molar-refractivity contribution is 0.277. The number of halogens is 4. The van der Waals surface area contributed by atoms with E-state index in [1.165, 1.54) is 6.20 Å². The summed E-state index contributed by atoms with van der Waals surface area (Å²) in [5.74, 6) is 0. The Morgan fingerprint density at radius 3 is 2.28 bits per heavy atom. The SMILES string of the molecule is OCc1ncc(Cl)cc1-c1cc(Cl)cc(Cl)c1Cl. The minimum absolute atomic E-state index is 0.229. The van der Waals surface area contributed by atoms with Crippen LogP contribution < -0.4 is 0 Å². The number of nitrogens with zero attached hydrogens (tertiary/aromatic N) is 1. The number of hydrogen-bond acceptors (Lipinski definition) is 2. The molecule has 0 atom stereocenters. The molecule has 0 radical (unpaired) electrons.